The molecule has 0 aliphatic carbocycles. The number of esters is 1. The molecule has 0 bridgehead atoms. The number of halogens is 1. The molecule has 1 amide bonds. The standard InChI is InChI=1S/C21H24BrNO3/c1-11-7-8-17(9-18(11)22)23-19(24)10-26-21(25)20-15(5)13(3)12(2)14(4)16(20)6/h7-9H,10H2,1-6H3,(H,23,24). The highest BCUT2D eigenvalue weighted by Gasteiger charge is 2.20. The summed E-state index contributed by atoms with van der Waals surface area (Å²) in [5, 5.41) is 2.73. The third-order valence-electron chi connectivity index (χ3n) is 4.99. The number of hydrogen-bond donors (Lipinski definition) is 1. The topological polar surface area (TPSA) is 55.4 Å². The molecule has 26 heavy (non-hydrogen) atoms. The van der Waals surface area contributed by atoms with E-state index in [9.17, 15) is 9.59 Å². The second kappa shape index (κ2) is 8.04. The molecule has 0 fully saturated rings. The lowest BCUT2D eigenvalue weighted by Gasteiger charge is -2.17. The van der Waals surface area contributed by atoms with E-state index in [2.05, 4.69) is 21.2 Å². The number of amides is 1. The quantitative estimate of drug-likeness (QED) is 0.704. The Morgan fingerprint density at radius 3 is 2.00 bits per heavy atom. The molecular weight excluding hydrogens is 394 g/mol. The van der Waals surface area contributed by atoms with E-state index < -0.39 is 5.97 Å². The second-order valence-electron chi connectivity index (χ2n) is 6.59. The Morgan fingerprint density at radius 2 is 1.46 bits per heavy atom. The molecule has 138 valence electrons. The van der Waals surface area contributed by atoms with E-state index in [1.807, 2.05) is 53.7 Å². The van der Waals surface area contributed by atoms with Crippen molar-refractivity contribution in [3.8, 4) is 0 Å². The first kappa shape index (κ1) is 20.2. The van der Waals surface area contributed by atoms with Gasteiger partial charge >= 0.3 is 5.97 Å². The van der Waals surface area contributed by atoms with Crippen molar-refractivity contribution in [1.29, 1.82) is 0 Å². The maximum absolute atomic E-state index is 12.5. The van der Waals surface area contributed by atoms with Crippen LogP contribution in [-0.4, -0.2) is 18.5 Å². The summed E-state index contributed by atoms with van der Waals surface area (Å²) >= 11 is 3.43. The molecule has 0 saturated heterocycles. The Kier molecular flexibility index (Phi) is 6.24. The van der Waals surface area contributed by atoms with Crippen molar-refractivity contribution in [1.82, 2.24) is 0 Å². The molecule has 5 heteroatoms. The van der Waals surface area contributed by atoms with Crippen molar-refractivity contribution in [2.24, 2.45) is 0 Å². The van der Waals surface area contributed by atoms with Crippen LogP contribution in [-0.2, 0) is 9.53 Å². The number of rotatable bonds is 4. The summed E-state index contributed by atoms with van der Waals surface area (Å²) in [5.41, 5.74) is 7.42. The first-order valence-corrected chi connectivity index (χ1v) is 9.22. The number of ether oxygens (including phenoxy) is 1. The van der Waals surface area contributed by atoms with Crippen LogP contribution in [0.1, 0.15) is 43.7 Å². The van der Waals surface area contributed by atoms with Gasteiger partial charge in [-0.15, -0.1) is 0 Å². The average Bonchev–Trinajstić information content (AvgIpc) is 2.60. The summed E-state index contributed by atoms with van der Waals surface area (Å²) in [6.45, 7) is 11.5. The number of hydrogen-bond acceptors (Lipinski definition) is 3. The summed E-state index contributed by atoms with van der Waals surface area (Å²) in [6.07, 6.45) is 0. The van der Waals surface area contributed by atoms with E-state index in [0.717, 1.165) is 32.3 Å². The first-order chi connectivity index (χ1) is 12.1. The molecule has 1 N–H and O–H groups in total. The molecule has 2 aromatic rings. The van der Waals surface area contributed by atoms with Gasteiger partial charge in [-0.25, -0.2) is 4.79 Å². The molecule has 0 aliphatic heterocycles. The van der Waals surface area contributed by atoms with Gasteiger partial charge in [0.25, 0.3) is 5.91 Å². The monoisotopic (exact) mass is 417 g/mol. The molecule has 0 heterocycles. The molecule has 0 unspecified atom stereocenters. The summed E-state index contributed by atoms with van der Waals surface area (Å²) in [7, 11) is 0. The fraction of sp³-hybridized carbons (Fsp3) is 0.333. The minimum atomic E-state index is -0.466. The van der Waals surface area contributed by atoms with Gasteiger partial charge in [-0.1, -0.05) is 22.0 Å². The van der Waals surface area contributed by atoms with Gasteiger partial charge in [0.2, 0.25) is 0 Å². The van der Waals surface area contributed by atoms with Crippen LogP contribution in [0.25, 0.3) is 0 Å². The highest BCUT2D eigenvalue weighted by atomic mass is 79.9. The lowest BCUT2D eigenvalue weighted by Crippen LogP contribution is -2.22. The molecule has 0 atom stereocenters. The summed E-state index contributed by atoms with van der Waals surface area (Å²) in [6, 6.07) is 5.52. The van der Waals surface area contributed by atoms with E-state index in [0.29, 0.717) is 11.3 Å². The number of nitrogens with one attached hydrogen (secondary N) is 1. The summed E-state index contributed by atoms with van der Waals surface area (Å²) in [5.74, 6) is -0.837. The Morgan fingerprint density at radius 1 is 0.923 bits per heavy atom. The number of carbonyl (C=O) groups excluding carboxylic acids is 2. The largest absolute Gasteiger partial charge is 0.452 e. The SMILES string of the molecule is Cc1ccc(NC(=O)COC(=O)c2c(C)c(C)c(C)c(C)c2C)cc1Br. The molecule has 0 saturated carbocycles. The normalized spacial score (nSPS) is 10.6. The van der Waals surface area contributed by atoms with Crippen molar-refractivity contribution in [2.75, 3.05) is 11.9 Å². The van der Waals surface area contributed by atoms with Crippen LogP contribution in [0, 0.1) is 41.5 Å². The van der Waals surface area contributed by atoms with Crippen molar-refractivity contribution >= 4 is 33.5 Å². The smallest absolute Gasteiger partial charge is 0.339 e. The number of carbonyl (C=O) groups is 2. The fourth-order valence-electron chi connectivity index (χ4n) is 2.88. The molecule has 2 aromatic carbocycles. The average molecular weight is 418 g/mol. The van der Waals surface area contributed by atoms with Crippen LogP contribution in [0.15, 0.2) is 22.7 Å². The lowest BCUT2D eigenvalue weighted by atomic mass is 9.90. The number of aryl methyl sites for hydroxylation is 1. The Bertz CT molecular complexity index is 858. The van der Waals surface area contributed by atoms with Crippen molar-refractivity contribution < 1.29 is 14.3 Å². The van der Waals surface area contributed by atoms with Crippen molar-refractivity contribution in [3.05, 3.63) is 61.6 Å². The Hall–Kier alpha value is -2.14. The fourth-order valence-corrected chi connectivity index (χ4v) is 3.26. The molecule has 2 rings (SSSR count). The molecule has 0 spiro atoms. The highest BCUT2D eigenvalue weighted by Crippen LogP contribution is 2.26. The zero-order valence-electron chi connectivity index (χ0n) is 16.0. The summed E-state index contributed by atoms with van der Waals surface area (Å²) < 4.78 is 6.17. The van der Waals surface area contributed by atoms with Crippen LogP contribution >= 0.6 is 15.9 Å². The minimum Gasteiger partial charge on any atom is -0.452 e. The number of benzene rings is 2. The molecule has 0 aliphatic rings. The van der Waals surface area contributed by atoms with Gasteiger partial charge in [0, 0.05) is 10.2 Å². The Balaban J connectivity index is 2.09. The van der Waals surface area contributed by atoms with E-state index in [-0.39, 0.29) is 12.5 Å². The maximum atomic E-state index is 12.5. The predicted octanol–water partition coefficient (Wildman–Crippen LogP) is 5.10. The maximum Gasteiger partial charge on any atom is 0.339 e. The third kappa shape index (κ3) is 4.15. The minimum absolute atomic E-state index is 0.324. The van der Waals surface area contributed by atoms with Gasteiger partial charge < -0.3 is 10.1 Å². The van der Waals surface area contributed by atoms with Crippen molar-refractivity contribution in [2.45, 2.75) is 41.5 Å². The van der Waals surface area contributed by atoms with Crippen LogP contribution in [0.5, 0.6) is 0 Å². The van der Waals surface area contributed by atoms with Crippen LogP contribution < -0.4 is 5.32 Å². The van der Waals surface area contributed by atoms with Gasteiger partial charge in [0.1, 0.15) is 0 Å². The van der Waals surface area contributed by atoms with Crippen LogP contribution in [0.3, 0.4) is 0 Å². The van der Waals surface area contributed by atoms with E-state index in [1.165, 1.54) is 5.56 Å². The van der Waals surface area contributed by atoms with Gasteiger partial charge in [0.15, 0.2) is 6.61 Å². The van der Waals surface area contributed by atoms with Crippen molar-refractivity contribution in [3.63, 3.8) is 0 Å². The molecular formula is C21H24BrNO3. The molecule has 0 radical (unpaired) electrons. The lowest BCUT2D eigenvalue weighted by molar-refractivity contribution is -0.119. The molecule has 4 nitrogen and oxygen atoms in total. The van der Waals surface area contributed by atoms with Crippen LogP contribution in [0.2, 0.25) is 0 Å². The van der Waals surface area contributed by atoms with Crippen LogP contribution in [0.4, 0.5) is 5.69 Å². The van der Waals surface area contributed by atoms with Gasteiger partial charge in [-0.05, 0) is 87.1 Å². The Labute approximate surface area is 163 Å². The van der Waals surface area contributed by atoms with Gasteiger partial charge in [0.05, 0.1) is 5.56 Å². The second-order valence-corrected chi connectivity index (χ2v) is 7.44. The zero-order valence-corrected chi connectivity index (χ0v) is 17.6. The van der Waals surface area contributed by atoms with E-state index in [4.69, 9.17) is 4.74 Å². The van der Waals surface area contributed by atoms with Gasteiger partial charge in [-0.2, -0.15) is 0 Å². The number of anilines is 1. The first-order valence-electron chi connectivity index (χ1n) is 8.43. The van der Waals surface area contributed by atoms with E-state index >= 15 is 0 Å². The zero-order chi connectivity index (χ0) is 19.6. The highest BCUT2D eigenvalue weighted by molar-refractivity contribution is 9.10. The predicted molar refractivity (Wildman–Crippen MR) is 108 cm³/mol. The third-order valence-corrected chi connectivity index (χ3v) is 5.85. The van der Waals surface area contributed by atoms with E-state index in [1.54, 1.807) is 6.07 Å². The summed E-state index contributed by atoms with van der Waals surface area (Å²) in [4.78, 5) is 24.6. The van der Waals surface area contributed by atoms with Gasteiger partial charge in [-0.3, -0.25) is 4.79 Å². The molecule has 0 aromatic heterocycles.